The molecule has 0 fully saturated rings. The molecule has 0 radical (unpaired) electrons. The number of nitrogens with one attached hydrogen (secondary N) is 1. The zero-order valence-corrected chi connectivity index (χ0v) is 12.2. The summed E-state index contributed by atoms with van der Waals surface area (Å²) in [6.45, 7) is 5.02. The number of rotatable bonds is 7. The number of nitrogens with zero attached hydrogens (tertiary/aromatic N) is 1. The molecule has 0 saturated carbocycles. The molecule has 7 heteroatoms. The van der Waals surface area contributed by atoms with Gasteiger partial charge in [0, 0.05) is 19.3 Å². The summed E-state index contributed by atoms with van der Waals surface area (Å²) in [5, 5.41) is 7.84. The van der Waals surface area contributed by atoms with Crippen LogP contribution < -0.4 is 10.5 Å². The maximum atomic E-state index is 12.0. The maximum Gasteiger partial charge on any atom is 0.267 e. The first-order chi connectivity index (χ1) is 8.90. The summed E-state index contributed by atoms with van der Waals surface area (Å²) >= 11 is 0. The molecule has 3 N–H and O–H groups in total. The Morgan fingerprint density at radius 1 is 1.37 bits per heavy atom. The molecule has 0 atom stereocenters. The summed E-state index contributed by atoms with van der Waals surface area (Å²) in [7, 11) is -3.78. The van der Waals surface area contributed by atoms with Gasteiger partial charge < -0.3 is 9.88 Å². The Balaban J connectivity index is 2.81. The van der Waals surface area contributed by atoms with Crippen LogP contribution in [0.15, 0.2) is 17.2 Å². The van der Waals surface area contributed by atoms with Gasteiger partial charge >= 0.3 is 0 Å². The van der Waals surface area contributed by atoms with E-state index in [1.165, 1.54) is 12.3 Å². The quantitative estimate of drug-likeness (QED) is 0.735. The lowest BCUT2D eigenvalue weighted by Gasteiger charge is -2.07. The van der Waals surface area contributed by atoms with E-state index in [9.17, 15) is 13.2 Å². The number of aromatic nitrogens is 1. The van der Waals surface area contributed by atoms with Crippen molar-refractivity contribution in [2.75, 3.05) is 6.54 Å². The highest BCUT2D eigenvalue weighted by Crippen LogP contribution is 2.13. The molecule has 0 spiro atoms. The highest BCUT2D eigenvalue weighted by atomic mass is 32.2. The van der Waals surface area contributed by atoms with Crippen LogP contribution in [0.1, 0.15) is 43.6 Å². The van der Waals surface area contributed by atoms with Crippen molar-refractivity contribution < 1.29 is 13.2 Å². The van der Waals surface area contributed by atoms with Crippen LogP contribution in [0, 0.1) is 0 Å². The van der Waals surface area contributed by atoms with Crippen molar-refractivity contribution in [3.05, 3.63) is 18.0 Å². The van der Waals surface area contributed by atoms with Crippen LogP contribution in [0.5, 0.6) is 0 Å². The first-order valence-electron chi connectivity index (χ1n) is 6.41. The third-order valence-corrected chi connectivity index (χ3v) is 3.72. The van der Waals surface area contributed by atoms with Gasteiger partial charge in [-0.15, -0.1) is 0 Å². The van der Waals surface area contributed by atoms with E-state index in [-0.39, 0.29) is 10.8 Å². The predicted octanol–water partition coefficient (Wildman–Crippen LogP) is 1.08. The highest BCUT2D eigenvalue weighted by molar-refractivity contribution is 7.89. The average Bonchev–Trinajstić information content (AvgIpc) is 2.78. The molecule has 1 aromatic heterocycles. The van der Waals surface area contributed by atoms with Crippen LogP contribution in [0.2, 0.25) is 0 Å². The Bertz CT molecular complexity index is 534. The summed E-state index contributed by atoms with van der Waals surface area (Å²) < 4.78 is 24.1. The summed E-state index contributed by atoms with van der Waals surface area (Å²) in [6, 6.07) is 1.31. The van der Waals surface area contributed by atoms with Crippen LogP contribution in [0.3, 0.4) is 0 Å². The summed E-state index contributed by atoms with van der Waals surface area (Å²) in [5.74, 6) is -0.271. The summed E-state index contributed by atoms with van der Waals surface area (Å²) in [6.07, 6.45) is 4.43. The Morgan fingerprint density at radius 3 is 2.58 bits per heavy atom. The Hall–Kier alpha value is -1.34. The van der Waals surface area contributed by atoms with Gasteiger partial charge in [0.1, 0.15) is 10.6 Å². The van der Waals surface area contributed by atoms with Gasteiger partial charge in [0.15, 0.2) is 0 Å². The van der Waals surface area contributed by atoms with Crippen molar-refractivity contribution in [3.63, 3.8) is 0 Å². The SMILES string of the molecule is CCCCCNC(=O)c1cc(S(N)(=O)=O)cn1CC. The fourth-order valence-corrected chi connectivity index (χ4v) is 2.31. The van der Waals surface area contributed by atoms with Gasteiger partial charge in [0.25, 0.3) is 5.91 Å². The predicted molar refractivity (Wildman–Crippen MR) is 73.3 cm³/mol. The zero-order chi connectivity index (χ0) is 14.5. The number of sulfonamides is 1. The molecular weight excluding hydrogens is 266 g/mol. The molecule has 0 bridgehead atoms. The van der Waals surface area contributed by atoms with Crippen molar-refractivity contribution in [3.8, 4) is 0 Å². The molecule has 6 nitrogen and oxygen atoms in total. The van der Waals surface area contributed by atoms with E-state index in [1.54, 1.807) is 4.57 Å². The maximum absolute atomic E-state index is 12.0. The number of carbonyl (C=O) groups excluding carboxylic acids is 1. The first-order valence-corrected chi connectivity index (χ1v) is 7.96. The highest BCUT2D eigenvalue weighted by Gasteiger charge is 2.17. The third kappa shape index (κ3) is 4.36. The second-order valence-corrected chi connectivity index (χ2v) is 5.92. The molecule has 0 aromatic carbocycles. The lowest BCUT2D eigenvalue weighted by molar-refractivity contribution is 0.0944. The van der Waals surface area contributed by atoms with E-state index in [4.69, 9.17) is 5.14 Å². The Labute approximate surface area is 114 Å². The van der Waals surface area contributed by atoms with Crippen LogP contribution >= 0.6 is 0 Å². The summed E-state index contributed by atoms with van der Waals surface area (Å²) in [5.41, 5.74) is 0.322. The second-order valence-electron chi connectivity index (χ2n) is 4.36. The lowest BCUT2D eigenvalue weighted by Crippen LogP contribution is -2.26. The molecule has 19 heavy (non-hydrogen) atoms. The van der Waals surface area contributed by atoms with Crippen molar-refractivity contribution in [1.82, 2.24) is 9.88 Å². The van der Waals surface area contributed by atoms with Gasteiger partial charge in [-0.2, -0.15) is 0 Å². The molecular formula is C12H21N3O3S. The number of carbonyl (C=O) groups is 1. The first kappa shape index (κ1) is 15.7. The van der Waals surface area contributed by atoms with Gasteiger partial charge in [-0.25, -0.2) is 13.6 Å². The molecule has 0 aliphatic rings. The molecule has 108 valence electrons. The van der Waals surface area contributed by atoms with Crippen molar-refractivity contribution >= 4 is 15.9 Å². The van der Waals surface area contributed by atoms with Gasteiger partial charge in [0.05, 0.1) is 0 Å². The van der Waals surface area contributed by atoms with E-state index >= 15 is 0 Å². The average molecular weight is 287 g/mol. The molecule has 0 unspecified atom stereocenters. The number of unbranched alkanes of at least 4 members (excludes halogenated alkanes) is 2. The van der Waals surface area contributed by atoms with Crippen LogP contribution in [-0.4, -0.2) is 25.4 Å². The Morgan fingerprint density at radius 2 is 2.05 bits per heavy atom. The number of hydrogen-bond donors (Lipinski definition) is 2. The van der Waals surface area contributed by atoms with Gasteiger partial charge in [0.2, 0.25) is 10.0 Å². The molecule has 0 aliphatic heterocycles. The topological polar surface area (TPSA) is 94.2 Å². The standard InChI is InChI=1S/C12H21N3O3S/c1-3-5-6-7-14-12(16)11-8-10(19(13,17)18)9-15(11)4-2/h8-9H,3-7H2,1-2H3,(H,14,16)(H2,13,17,18). The van der Waals surface area contributed by atoms with E-state index in [0.717, 1.165) is 19.3 Å². The second kappa shape index (κ2) is 6.72. The smallest absolute Gasteiger partial charge is 0.267 e. The van der Waals surface area contributed by atoms with Crippen molar-refractivity contribution in [2.24, 2.45) is 5.14 Å². The van der Waals surface area contributed by atoms with E-state index in [1.807, 2.05) is 6.92 Å². The summed E-state index contributed by atoms with van der Waals surface area (Å²) in [4.78, 5) is 11.9. The van der Waals surface area contributed by atoms with E-state index in [0.29, 0.717) is 18.8 Å². The zero-order valence-electron chi connectivity index (χ0n) is 11.3. The largest absolute Gasteiger partial charge is 0.351 e. The van der Waals surface area contributed by atoms with Crippen molar-refractivity contribution in [2.45, 2.75) is 44.6 Å². The number of nitrogens with two attached hydrogens (primary N) is 1. The number of primary sulfonamides is 1. The molecule has 1 heterocycles. The molecule has 0 saturated heterocycles. The fraction of sp³-hybridized carbons (Fsp3) is 0.583. The minimum absolute atomic E-state index is 0.0342. The molecule has 1 amide bonds. The van der Waals surface area contributed by atoms with Crippen LogP contribution in [0.4, 0.5) is 0 Å². The number of hydrogen-bond acceptors (Lipinski definition) is 3. The van der Waals surface area contributed by atoms with Crippen molar-refractivity contribution in [1.29, 1.82) is 0 Å². The molecule has 0 aliphatic carbocycles. The van der Waals surface area contributed by atoms with Gasteiger partial charge in [-0.05, 0) is 19.4 Å². The fourth-order valence-electron chi connectivity index (χ4n) is 1.76. The monoisotopic (exact) mass is 287 g/mol. The third-order valence-electron chi connectivity index (χ3n) is 2.84. The van der Waals surface area contributed by atoms with E-state index < -0.39 is 10.0 Å². The minimum Gasteiger partial charge on any atom is -0.351 e. The number of aryl methyl sites for hydroxylation is 1. The van der Waals surface area contributed by atoms with Crippen LogP contribution in [0.25, 0.3) is 0 Å². The van der Waals surface area contributed by atoms with Gasteiger partial charge in [-0.3, -0.25) is 4.79 Å². The minimum atomic E-state index is -3.78. The molecule has 1 rings (SSSR count). The van der Waals surface area contributed by atoms with Crippen LogP contribution in [-0.2, 0) is 16.6 Å². The number of amides is 1. The van der Waals surface area contributed by atoms with Gasteiger partial charge in [-0.1, -0.05) is 19.8 Å². The normalized spacial score (nSPS) is 11.5. The molecule has 1 aromatic rings. The van der Waals surface area contributed by atoms with E-state index in [2.05, 4.69) is 12.2 Å². The lowest BCUT2D eigenvalue weighted by atomic mass is 10.2. The Kier molecular flexibility index (Phi) is 5.56.